The third-order valence-electron chi connectivity index (χ3n) is 10.1. The summed E-state index contributed by atoms with van der Waals surface area (Å²) in [6.45, 7) is 8.11. The minimum absolute atomic E-state index is 0.240. The van der Waals surface area contributed by atoms with Gasteiger partial charge in [0, 0.05) is 28.0 Å². The third-order valence-corrected chi connectivity index (χ3v) is 10.1. The molecule has 0 saturated heterocycles. The molecule has 1 heterocycles. The van der Waals surface area contributed by atoms with Gasteiger partial charge in [-0.1, -0.05) is 164 Å². The number of para-hydroxylation sites is 1. The Labute approximate surface area is 270 Å². The van der Waals surface area contributed by atoms with Crippen molar-refractivity contribution < 1.29 is 4.42 Å². The highest BCUT2D eigenvalue weighted by molar-refractivity contribution is 5.93. The van der Waals surface area contributed by atoms with Crippen LogP contribution in [0.15, 0.2) is 162 Å². The molecule has 46 heavy (non-hydrogen) atoms. The van der Waals surface area contributed by atoms with Crippen LogP contribution in [0.2, 0.25) is 0 Å². The van der Waals surface area contributed by atoms with E-state index in [4.69, 9.17) is 4.42 Å². The Morgan fingerprint density at radius 1 is 0.761 bits per heavy atom. The average Bonchev–Trinajstić information content (AvgIpc) is 3.62. The molecule has 1 aromatic heterocycles. The molecule has 0 bridgehead atoms. The molecule has 2 aliphatic rings. The summed E-state index contributed by atoms with van der Waals surface area (Å²) >= 11 is 0. The fourth-order valence-electron chi connectivity index (χ4n) is 8.08. The van der Waals surface area contributed by atoms with Gasteiger partial charge in [0.1, 0.15) is 11.0 Å². The maximum atomic E-state index is 6.44. The van der Waals surface area contributed by atoms with Crippen LogP contribution in [-0.4, -0.2) is 0 Å². The van der Waals surface area contributed by atoms with Crippen molar-refractivity contribution in [1.82, 2.24) is 0 Å². The maximum absolute atomic E-state index is 6.44. The molecule has 2 aliphatic carbocycles. The molecule has 1 nitrogen and oxygen atoms in total. The molecular weight excluding hydrogens is 556 g/mol. The number of hydrogen-bond acceptors (Lipinski definition) is 1. The van der Waals surface area contributed by atoms with Crippen molar-refractivity contribution in [2.75, 3.05) is 0 Å². The van der Waals surface area contributed by atoms with E-state index >= 15 is 0 Å². The van der Waals surface area contributed by atoms with Crippen LogP contribution in [-0.2, 0) is 5.41 Å². The molecule has 6 aromatic rings. The average molecular weight is 593 g/mol. The zero-order chi connectivity index (χ0) is 31.3. The summed E-state index contributed by atoms with van der Waals surface area (Å²) in [5.74, 6) is 0.498. The first kappa shape index (κ1) is 28.1. The Balaban J connectivity index is 1.34. The molecule has 222 valence electrons. The summed E-state index contributed by atoms with van der Waals surface area (Å²) in [5.41, 5.74) is 13.0. The van der Waals surface area contributed by atoms with E-state index < -0.39 is 5.41 Å². The number of aryl methyl sites for hydroxylation is 1. The molecular formula is C45H36O. The fraction of sp³-hybridized carbons (Fsp3) is 0.111. The molecule has 5 aromatic carbocycles. The second-order valence-corrected chi connectivity index (χ2v) is 12.5. The van der Waals surface area contributed by atoms with Crippen LogP contribution < -0.4 is 10.6 Å². The molecule has 3 atom stereocenters. The minimum Gasteiger partial charge on any atom is -0.455 e. The smallest absolute Gasteiger partial charge is 0.143 e. The van der Waals surface area contributed by atoms with Gasteiger partial charge in [-0.25, -0.2) is 0 Å². The predicted molar refractivity (Wildman–Crippen MR) is 192 cm³/mol. The molecule has 0 N–H and O–H groups in total. The van der Waals surface area contributed by atoms with E-state index in [1.54, 1.807) is 6.08 Å². The van der Waals surface area contributed by atoms with Crippen molar-refractivity contribution in [1.29, 1.82) is 0 Å². The van der Waals surface area contributed by atoms with Crippen LogP contribution in [0.3, 0.4) is 0 Å². The van der Waals surface area contributed by atoms with Gasteiger partial charge in [-0.3, -0.25) is 0 Å². The van der Waals surface area contributed by atoms with E-state index in [1.165, 1.54) is 39.0 Å². The van der Waals surface area contributed by atoms with Crippen LogP contribution in [0.25, 0.3) is 34.2 Å². The van der Waals surface area contributed by atoms with Crippen LogP contribution in [0.5, 0.6) is 0 Å². The van der Waals surface area contributed by atoms with E-state index in [0.29, 0.717) is 0 Å². The lowest BCUT2D eigenvalue weighted by Crippen LogP contribution is -2.30. The summed E-state index contributed by atoms with van der Waals surface area (Å²) < 4.78 is 6.44. The van der Waals surface area contributed by atoms with Crippen LogP contribution in [0.1, 0.15) is 52.1 Å². The molecule has 0 aliphatic heterocycles. The summed E-state index contributed by atoms with van der Waals surface area (Å²) in [6.07, 6.45) is 12.9. The molecule has 8 rings (SSSR count). The highest BCUT2D eigenvalue weighted by Gasteiger charge is 2.52. The highest BCUT2D eigenvalue weighted by Crippen LogP contribution is 2.62. The molecule has 0 spiro atoms. The topological polar surface area (TPSA) is 13.1 Å². The minimum atomic E-state index is -0.415. The number of hydrogen-bond donors (Lipinski definition) is 0. The largest absolute Gasteiger partial charge is 0.455 e. The van der Waals surface area contributed by atoms with Crippen molar-refractivity contribution in [2.24, 2.45) is 0 Å². The molecule has 3 unspecified atom stereocenters. The van der Waals surface area contributed by atoms with E-state index in [-0.39, 0.29) is 11.8 Å². The van der Waals surface area contributed by atoms with Crippen LogP contribution in [0.4, 0.5) is 0 Å². The number of fused-ring (bicyclic) bond motifs is 4. The zero-order valence-electron chi connectivity index (χ0n) is 26.3. The first-order chi connectivity index (χ1) is 22.6. The van der Waals surface area contributed by atoms with Crippen LogP contribution >= 0.6 is 0 Å². The monoisotopic (exact) mass is 592 g/mol. The summed E-state index contributed by atoms with van der Waals surface area (Å²) in [5, 5.41) is 2.22. The molecule has 1 heteroatoms. The van der Waals surface area contributed by atoms with E-state index in [2.05, 4.69) is 166 Å². The van der Waals surface area contributed by atoms with Crippen molar-refractivity contribution in [2.45, 2.75) is 31.1 Å². The number of allylic oxidation sites excluding steroid dienone is 5. The van der Waals surface area contributed by atoms with Crippen LogP contribution in [0, 0.1) is 6.92 Å². The van der Waals surface area contributed by atoms with Gasteiger partial charge in [-0.2, -0.15) is 0 Å². The Hall–Kier alpha value is -5.40. The van der Waals surface area contributed by atoms with Gasteiger partial charge in [0.25, 0.3) is 0 Å². The molecule has 0 fully saturated rings. The predicted octanol–water partition coefficient (Wildman–Crippen LogP) is 9.89. The number of benzene rings is 5. The highest BCUT2D eigenvalue weighted by atomic mass is 16.3. The lowest BCUT2D eigenvalue weighted by Gasteiger charge is -2.37. The van der Waals surface area contributed by atoms with E-state index in [9.17, 15) is 0 Å². The lowest BCUT2D eigenvalue weighted by atomic mass is 9.64. The van der Waals surface area contributed by atoms with Gasteiger partial charge in [0.2, 0.25) is 0 Å². The first-order valence-corrected chi connectivity index (χ1v) is 16.2. The zero-order valence-corrected chi connectivity index (χ0v) is 26.3. The second kappa shape index (κ2) is 11.2. The summed E-state index contributed by atoms with van der Waals surface area (Å²) in [4.78, 5) is 0. The van der Waals surface area contributed by atoms with Crippen molar-refractivity contribution >= 4 is 23.1 Å². The lowest BCUT2D eigenvalue weighted by molar-refractivity contribution is 0.576. The van der Waals surface area contributed by atoms with Crippen molar-refractivity contribution in [3.8, 4) is 11.1 Å². The first-order valence-electron chi connectivity index (χ1n) is 16.2. The number of furan rings is 1. The van der Waals surface area contributed by atoms with Gasteiger partial charge in [-0.05, 0) is 58.9 Å². The third kappa shape index (κ3) is 4.16. The molecule has 0 amide bonds. The van der Waals surface area contributed by atoms with Gasteiger partial charge in [0.15, 0.2) is 0 Å². The molecule has 0 radical (unpaired) electrons. The second-order valence-electron chi connectivity index (χ2n) is 12.5. The summed E-state index contributed by atoms with van der Waals surface area (Å²) in [7, 11) is 0. The Morgan fingerprint density at radius 2 is 1.50 bits per heavy atom. The normalized spacial score (nSPS) is 20.9. The fourth-order valence-corrected chi connectivity index (χ4v) is 8.08. The Bertz CT molecular complexity index is 2280. The van der Waals surface area contributed by atoms with Gasteiger partial charge in [-0.15, -0.1) is 0 Å². The standard InChI is InChI=1S/C45H36O/c1-4-13-42-35(5-2)38-19-11-18-37(44(38)46-42)32-26-28-34(29-27-32)45(33-14-7-6-8-15-33)40-20-10-9-16-39(40)43-36(17-12-21-41(43)45)31-24-22-30(3)23-25-31/h4-29,36,43H,1H2,2-3H3/b35-5-,42-13+. The van der Waals surface area contributed by atoms with Crippen molar-refractivity contribution in [3.63, 3.8) is 0 Å². The maximum Gasteiger partial charge on any atom is 0.143 e. The van der Waals surface area contributed by atoms with Gasteiger partial charge >= 0.3 is 0 Å². The van der Waals surface area contributed by atoms with E-state index in [1.807, 2.05) is 6.08 Å². The van der Waals surface area contributed by atoms with E-state index in [0.717, 1.165) is 32.7 Å². The number of rotatable bonds is 5. The SMILES string of the molecule is C=C/C=c1/oc2c(-c3ccc(C4(c5ccccc5)C5=CC=CC(c6ccc(C)cc6)C5c5ccccc54)cc3)cccc2/c1=C/C. The quantitative estimate of drug-likeness (QED) is 0.194. The summed E-state index contributed by atoms with van der Waals surface area (Å²) in [6, 6.07) is 44.9. The molecule has 0 saturated carbocycles. The van der Waals surface area contributed by atoms with Gasteiger partial charge in [0.05, 0.1) is 5.41 Å². The Kier molecular flexibility index (Phi) is 6.84. The Morgan fingerprint density at radius 3 is 2.26 bits per heavy atom. The van der Waals surface area contributed by atoms with Crippen molar-refractivity contribution in [3.05, 3.63) is 202 Å². The van der Waals surface area contributed by atoms with Gasteiger partial charge < -0.3 is 4.42 Å².